The van der Waals surface area contributed by atoms with Crippen molar-refractivity contribution in [2.45, 2.75) is 20.8 Å². The largest absolute Gasteiger partial charge is 0.329 e. The summed E-state index contributed by atoms with van der Waals surface area (Å²) in [6.07, 6.45) is 1.53. The lowest BCUT2D eigenvalue weighted by molar-refractivity contribution is -0.136. The Kier molecular flexibility index (Phi) is 5.06. The van der Waals surface area contributed by atoms with Gasteiger partial charge in [-0.15, -0.1) is 11.3 Å². The number of aryl methyl sites for hydroxylation is 3. The van der Waals surface area contributed by atoms with E-state index in [1.165, 1.54) is 17.6 Å². The van der Waals surface area contributed by atoms with Crippen molar-refractivity contribution in [1.29, 1.82) is 0 Å². The molecule has 0 unspecified atom stereocenters. The van der Waals surface area contributed by atoms with Crippen molar-refractivity contribution in [3.8, 4) is 0 Å². The van der Waals surface area contributed by atoms with Gasteiger partial charge in [0.05, 0.1) is 6.21 Å². The second-order valence-corrected chi connectivity index (χ2v) is 5.89. The highest BCUT2D eigenvalue weighted by Crippen LogP contribution is 2.16. The van der Waals surface area contributed by atoms with Gasteiger partial charge in [0.15, 0.2) is 0 Å². The van der Waals surface area contributed by atoms with Gasteiger partial charge in [-0.2, -0.15) is 5.10 Å². The Hall–Kier alpha value is -2.47. The summed E-state index contributed by atoms with van der Waals surface area (Å²) in [5.74, 6) is -1.54. The van der Waals surface area contributed by atoms with Gasteiger partial charge in [-0.3, -0.25) is 9.59 Å². The molecule has 0 radical (unpaired) electrons. The highest BCUT2D eigenvalue weighted by Gasteiger charge is 2.14. The molecule has 0 aliphatic rings. The molecule has 2 aromatic rings. The van der Waals surface area contributed by atoms with Crippen LogP contribution in [0, 0.1) is 20.8 Å². The number of thiophene rings is 1. The van der Waals surface area contributed by atoms with Crippen molar-refractivity contribution in [3.63, 3.8) is 0 Å². The van der Waals surface area contributed by atoms with E-state index in [1.54, 1.807) is 0 Å². The molecule has 22 heavy (non-hydrogen) atoms. The lowest BCUT2D eigenvalue weighted by Crippen LogP contribution is -2.32. The minimum Gasteiger partial charge on any atom is -0.317 e. The van der Waals surface area contributed by atoms with Gasteiger partial charge in [0.1, 0.15) is 0 Å². The van der Waals surface area contributed by atoms with Crippen LogP contribution in [0.5, 0.6) is 0 Å². The van der Waals surface area contributed by atoms with Gasteiger partial charge in [-0.05, 0) is 55.0 Å². The van der Waals surface area contributed by atoms with E-state index in [-0.39, 0.29) is 0 Å². The zero-order valence-corrected chi connectivity index (χ0v) is 13.5. The normalized spacial score (nSPS) is 10.7. The number of anilines is 1. The molecule has 114 valence electrons. The molecule has 2 amide bonds. The van der Waals surface area contributed by atoms with Gasteiger partial charge < -0.3 is 5.32 Å². The van der Waals surface area contributed by atoms with Crippen LogP contribution in [0.25, 0.3) is 0 Å². The Balaban J connectivity index is 1.95. The van der Waals surface area contributed by atoms with Crippen LogP contribution in [-0.4, -0.2) is 18.0 Å². The summed E-state index contributed by atoms with van der Waals surface area (Å²) in [6.45, 7) is 5.74. The molecule has 0 aliphatic carbocycles. The lowest BCUT2D eigenvalue weighted by Gasteiger charge is -2.08. The number of hydrogen-bond acceptors (Lipinski definition) is 4. The van der Waals surface area contributed by atoms with Gasteiger partial charge in [0.25, 0.3) is 0 Å². The first-order chi connectivity index (χ1) is 10.5. The smallest absolute Gasteiger partial charge is 0.317 e. The van der Waals surface area contributed by atoms with Crippen LogP contribution in [0.15, 0.2) is 34.7 Å². The molecule has 2 rings (SSSR count). The van der Waals surface area contributed by atoms with Crippen molar-refractivity contribution in [3.05, 3.63) is 51.2 Å². The number of carbonyl (C=O) groups is 2. The summed E-state index contributed by atoms with van der Waals surface area (Å²) in [5.41, 5.74) is 5.82. The molecule has 0 fully saturated rings. The summed E-state index contributed by atoms with van der Waals surface area (Å²) >= 11 is 1.51. The molecule has 0 bridgehead atoms. The lowest BCUT2D eigenvalue weighted by atomic mass is 10.1. The monoisotopic (exact) mass is 315 g/mol. The van der Waals surface area contributed by atoms with E-state index >= 15 is 0 Å². The first-order valence-electron chi connectivity index (χ1n) is 6.73. The number of amides is 2. The molecule has 1 aromatic heterocycles. The van der Waals surface area contributed by atoms with Gasteiger partial charge >= 0.3 is 11.8 Å². The Labute approximate surface area is 133 Å². The summed E-state index contributed by atoms with van der Waals surface area (Å²) in [6, 6.07) is 7.61. The molecular formula is C16H17N3O2S. The van der Waals surface area contributed by atoms with Crippen LogP contribution >= 0.6 is 11.3 Å². The van der Waals surface area contributed by atoms with Crippen molar-refractivity contribution in [2.75, 3.05) is 5.32 Å². The highest BCUT2D eigenvalue weighted by atomic mass is 32.1. The molecule has 0 saturated heterocycles. The highest BCUT2D eigenvalue weighted by molar-refractivity contribution is 7.11. The predicted octanol–water partition coefficient (Wildman–Crippen LogP) is 2.76. The average Bonchev–Trinajstić information content (AvgIpc) is 2.88. The minimum atomic E-state index is -0.800. The Morgan fingerprint density at radius 3 is 2.55 bits per heavy atom. The number of carbonyl (C=O) groups excluding carboxylic acids is 2. The van der Waals surface area contributed by atoms with E-state index in [0.29, 0.717) is 5.69 Å². The Morgan fingerprint density at radius 2 is 1.86 bits per heavy atom. The van der Waals surface area contributed by atoms with E-state index in [9.17, 15) is 9.59 Å². The van der Waals surface area contributed by atoms with Crippen LogP contribution in [0.4, 0.5) is 5.69 Å². The van der Waals surface area contributed by atoms with E-state index in [1.807, 2.05) is 50.4 Å². The predicted molar refractivity (Wildman–Crippen MR) is 89.3 cm³/mol. The number of nitrogens with zero attached hydrogens (tertiary/aromatic N) is 1. The molecular weight excluding hydrogens is 298 g/mol. The number of rotatable bonds is 3. The third kappa shape index (κ3) is 4.02. The van der Waals surface area contributed by atoms with E-state index in [0.717, 1.165) is 21.6 Å². The third-order valence-electron chi connectivity index (χ3n) is 3.10. The molecule has 1 aromatic carbocycles. The molecule has 0 saturated carbocycles. The maximum Gasteiger partial charge on any atom is 0.329 e. The fraction of sp³-hybridized carbons (Fsp3) is 0.188. The number of hydrazone groups is 1. The number of hydrogen-bond donors (Lipinski definition) is 2. The van der Waals surface area contributed by atoms with E-state index < -0.39 is 11.8 Å². The topological polar surface area (TPSA) is 70.6 Å². The summed E-state index contributed by atoms with van der Waals surface area (Å²) in [4.78, 5) is 24.5. The van der Waals surface area contributed by atoms with Gasteiger partial charge in [-0.25, -0.2) is 5.43 Å². The molecule has 2 N–H and O–H groups in total. The van der Waals surface area contributed by atoms with Gasteiger partial charge in [0, 0.05) is 10.6 Å². The van der Waals surface area contributed by atoms with Crippen LogP contribution in [-0.2, 0) is 9.59 Å². The van der Waals surface area contributed by atoms with E-state index in [2.05, 4.69) is 15.8 Å². The van der Waals surface area contributed by atoms with Crippen molar-refractivity contribution < 1.29 is 9.59 Å². The second kappa shape index (κ2) is 7.00. The fourth-order valence-corrected chi connectivity index (χ4v) is 2.55. The summed E-state index contributed by atoms with van der Waals surface area (Å²) in [5, 5.41) is 8.32. The molecule has 0 aliphatic heterocycles. The summed E-state index contributed by atoms with van der Waals surface area (Å²) in [7, 11) is 0. The molecule has 1 heterocycles. The van der Waals surface area contributed by atoms with Gasteiger partial charge in [-0.1, -0.05) is 12.1 Å². The maximum atomic E-state index is 11.8. The van der Waals surface area contributed by atoms with Crippen LogP contribution in [0.3, 0.4) is 0 Å². The maximum absolute atomic E-state index is 11.8. The Morgan fingerprint density at radius 1 is 1.09 bits per heavy atom. The minimum absolute atomic E-state index is 0.623. The molecule has 0 spiro atoms. The summed E-state index contributed by atoms with van der Waals surface area (Å²) < 4.78 is 0. The standard InChI is InChI=1S/C16H17N3O2S/c1-10-4-5-11(2)13(8-10)18-15(20)16(21)19-17-9-14-12(3)6-7-22-14/h4-9H,1-3H3,(H,18,20)(H,19,21)/b17-9+. The van der Waals surface area contributed by atoms with Crippen LogP contribution in [0.1, 0.15) is 21.6 Å². The van der Waals surface area contributed by atoms with Crippen LogP contribution in [0.2, 0.25) is 0 Å². The third-order valence-corrected chi connectivity index (χ3v) is 4.05. The SMILES string of the molecule is Cc1ccc(C)c(NC(=O)C(=O)N/N=C/c2sccc2C)c1. The second-order valence-electron chi connectivity index (χ2n) is 4.94. The number of nitrogens with one attached hydrogen (secondary N) is 2. The number of benzene rings is 1. The Bertz CT molecular complexity index is 735. The zero-order chi connectivity index (χ0) is 16.1. The zero-order valence-electron chi connectivity index (χ0n) is 12.6. The first kappa shape index (κ1) is 15.9. The quantitative estimate of drug-likeness (QED) is 0.519. The van der Waals surface area contributed by atoms with Gasteiger partial charge in [0.2, 0.25) is 0 Å². The van der Waals surface area contributed by atoms with Crippen molar-refractivity contribution in [1.82, 2.24) is 5.43 Å². The van der Waals surface area contributed by atoms with Crippen molar-refractivity contribution >= 4 is 35.1 Å². The van der Waals surface area contributed by atoms with Crippen LogP contribution < -0.4 is 10.7 Å². The fourth-order valence-electron chi connectivity index (χ4n) is 1.77. The molecule has 5 nitrogen and oxygen atoms in total. The van der Waals surface area contributed by atoms with Crippen molar-refractivity contribution in [2.24, 2.45) is 5.10 Å². The molecule has 0 atom stereocenters. The first-order valence-corrected chi connectivity index (χ1v) is 7.61. The molecule has 6 heteroatoms. The average molecular weight is 315 g/mol. The van der Waals surface area contributed by atoms with E-state index in [4.69, 9.17) is 0 Å².